The first-order valence-electron chi connectivity index (χ1n) is 5.94. The molecule has 90 valence electrons. The lowest BCUT2D eigenvalue weighted by molar-refractivity contribution is 0.830. The molecule has 2 aromatic heterocycles. The van der Waals surface area contributed by atoms with Crippen molar-refractivity contribution in [3.63, 3.8) is 0 Å². The van der Waals surface area contributed by atoms with Crippen molar-refractivity contribution in [3.8, 4) is 10.6 Å². The van der Waals surface area contributed by atoms with Crippen molar-refractivity contribution >= 4 is 22.0 Å². The minimum atomic E-state index is 0.834. The van der Waals surface area contributed by atoms with E-state index in [0.717, 1.165) is 28.5 Å². The number of fused-ring (bicyclic) bond motifs is 2. The first-order chi connectivity index (χ1) is 8.90. The van der Waals surface area contributed by atoms with Crippen LogP contribution in [0.2, 0.25) is 0 Å². The Kier molecular flexibility index (Phi) is 2.10. The van der Waals surface area contributed by atoms with E-state index in [-0.39, 0.29) is 0 Å². The molecule has 6 heteroatoms. The summed E-state index contributed by atoms with van der Waals surface area (Å²) in [4.78, 5) is 0.834. The van der Waals surface area contributed by atoms with Gasteiger partial charge in [-0.3, -0.25) is 0 Å². The van der Waals surface area contributed by atoms with Gasteiger partial charge in [0.1, 0.15) is 11.3 Å². The Hall–Kier alpha value is -1.95. The van der Waals surface area contributed by atoms with Crippen molar-refractivity contribution in [3.05, 3.63) is 30.1 Å². The zero-order chi connectivity index (χ0) is 11.9. The Morgan fingerprint density at radius 3 is 3.28 bits per heavy atom. The molecule has 0 amide bonds. The maximum Gasteiger partial charge on any atom is 0.234 e. The molecule has 0 unspecified atom stereocenters. The third kappa shape index (κ3) is 1.49. The summed E-state index contributed by atoms with van der Waals surface area (Å²) >= 11 is 1.57. The quantitative estimate of drug-likeness (QED) is 0.726. The molecule has 1 aliphatic rings. The molecule has 0 atom stereocenters. The normalized spacial score (nSPS) is 14.4. The minimum absolute atomic E-state index is 0.834. The van der Waals surface area contributed by atoms with Gasteiger partial charge >= 0.3 is 0 Å². The van der Waals surface area contributed by atoms with Gasteiger partial charge in [-0.2, -0.15) is 9.61 Å². The highest BCUT2D eigenvalue weighted by Crippen LogP contribution is 2.30. The van der Waals surface area contributed by atoms with E-state index in [0.29, 0.717) is 0 Å². The van der Waals surface area contributed by atoms with E-state index >= 15 is 0 Å². The van der Waals surface area contributed by atoms with Crippen LogP contribution in [0.1, 0.15) is 12.0 Å². The second kappa shape index (κ2) is 3.78. The molecule has 4 rings (SSSR count). The number of nitrogens with one attached hydrogen (secondary N) is 1. The molecule has 0 aliphatic carbocycles. The Labute approximate surface area is 107 Å². The highest BCUT2D eigenvalue weighted by molar-refractivity contribution is 7.19. The van der Waals surface area contributed by atoms with Gasteiger partial charge in [0.15, 0.2) is 0 Å². The Morgan fingerprint density at radius 2 is 2.33 bits per heavy atom. The lowest BCUT2D eigenvalue weighted by Crippen LogP contribution is -2.11. The molecule has 0 radical (unpaired) electrons. The van der Waals surface area contributed by atoms with Crippen LogP contribution in [0.3, 0.4) is 0 Å². The van der Waals surface area contributed by atoms with Gasteiger partial charge in [0.25, 0.3) is 0 Å². The van der Waals surface area contributed by atoms with E-state index in [4.69, 9.17) is 0 Å². The number of hydrogen-bond acceptors (Lipinski definition) is 5. The first-order valence-corrected chi connectivity index (χ1v) is 6.76. The number of benzene rings is 1. The number of anilines is 1. The van der Waals surface area contributed by atoms with E-state index < -0.39 is 0 Å². The summed E-state index contributed by atoms with van der Waals surface area (Å²) in [6.07, 6.45) is 3.97. The van der Waals surface area contributed by atoms with Crippen LogP contribution in [-0.2, 0) is 6.42 Å². The average Bonchev–Trinajstić information content (AvgIpc) is 2.99. The Morgan fingerprint density at radius 1 is 1.33 bits per heavy atom. The molecule has 18 heavy (non-hydrogen) atoms. The fourth-order valence-corrected chi connectivity index (χ4v) is 3.10. The maximum atomic E-state index is 4.48. The van der Waals surface area contributed by atoms with Gasteiger partial charge in [-0.25, -0.2) is 0 Å². The van der Waals surface area contributed by atoms with E-state index in [1.807, 2.05) is 0 Å². The zero-order valence-electron chi connectivity index (χ0n) is 9.63. The highest BCUT2D eigenvalue weighted by Gasteiger charge is 2.12. The zero-order valence-corrected chi connectivity index (χ0v) is 10.4. The van der Waals surface area contributed by atoms with Crippen LogP contribution >= 0.6 is 11.3 Å². The Bertz CT molecular complexity index is 686. The van der Waals surface area contributed by atoms with E-state index in [2.05, 4.69) is 38.8 Å². The van der Waals surface area contributed by atoms with Gasteiger partial charge in [0.2, 0.25) is 4.96 Å². The molecular weight excluding hydrogens is 246 g/mol. The smallest absolute Gasteiger partial charge is 0.234 e. The number of rotatable bonds is 1. The van der Waals surface area contributed by atoms with Crippen molar-refractivity contribution in [1.82, 2.24) is 19.8 Å². The number of nitrogens with zero attached hydrogens (tertiary/aromatic N) is 4. The molecular formula is C12H11N5S. The second-order valence-corrected chi connectivity index (χ2v) is 5.32. The molecule has 0 saturated carbocycles. The lowest BCUT2D eigenvalue weighted by Gasteiger charge is -2.18. The van der Waals surface area contributed by atoms with Gasteiger partial charge in [0.05, 0.1) is 0 Å². The molecule has 5 nitrogen and oxygen atoms in total. The summed E-state index contributed by atoms with van der Waals surface area (Å²) in [5, 5.41) is 16.7. The van der Waals surface area contributed by atoms with Crippen LogP contribution in [0.4, 0.5) is 5.69 Å². The number of aromatic nitrogens is 4. The highest BCUT2D eigenvalue weighted by atomic mass is 32.1. The van der Waals surface area contributed by atoms with Crippen molar-refractivity contribution in [2.45, 2.75) is 12.8 Å². The van der Waals surface area contributed by atoms with Gasteiger partial charge in [-0.1, -0.05) is 11.3 Å². The fraction of sp³-hybridized carbons (Fsp3) is 0.250. The van der Waals surface area contributed by atoms with Crippen molar-refractivity contribution in [2.75, 3.05) is 11.9 Å². The van der Waals surface area contributed by atoms with Crippen LogP contribution in [0.25, 0.3) is 15.5 Å². The molecule has 1 N–H and O–H groups in total. The molecule has 0 spiro atoms. The standard InChI is InChI=1S/C12H11N5S/c1-2-8-6-9(3-4-10(8)13-5-1)11-16-17-7-14-15-12(17)18-11/h3-4,6-7,13H,1-2,5H2. The minimum Gasteiger partial charge on any atom is -0.385 e. The summed E-state index contributed by atoms with van der Waals surface area (Å²) in [5.74, 6) is 0. The SMILES string of the molecule is c1cc2c(cc1-c1nn3cnnc3s1)CCCN2. The summed E-state index contributed by atoms with van der Waals surface area (Å²) in [7, 11) is 0. The molecule has 1 aromatic carbocycles. The number of aryl methyl sites for hydroxylation is 1. The molecule has 3 aromatic rings. The number of hydrogen-bond donors (Lipinski definition) is 1. The molecule has 0 saturated heterocycles. The van der Waals surface area contributed by atoms with Crippen molar-refractivity contribution in [1.29, 1.82) is 0 Å². The van der Waals surface area contributed by atoms with Gasteiger partial charge in [-0.15, -0.1) is 10.2 Å². The topological polar surface area (TPSA) is 55.1 Å². The molecule has 3 heterocycles. The van der Waals surface area contributed by atoms with Crippen LogP contribution in [0.5, 0.6) is 0 Å². The third-order valence-corrected chi connectivity index (χ3v) is 4.14. The van der Waals surface area contributed by atoms with Gasteiger partial charge in [0, 0.05) is 17.8 Å². The van der Waals surface area contributed by atoms with E-state index in [1.54, 1.807) is 22.2 Å². The van der Waals surface area contributed by atoms with Gasteiger partial charge < -0.3 is 5.32 Å². The predicted octanol–water partition coefficient (Wildman–Crippen LogP) is 2.21. The lowest BCUT2D eigenvalue weighted by atomic mass is 10.0. The van der Waals surface area contributed by atoms with Crippen LogP contribution < -0.4 is 5.32 Å². The summed E-state index contributed by atoms with van der Waals surface area (Å²) in [5.41, 5.74) is 3.80. The third-order valence-electron chi connectivity index (χ3n) is 3.18. The van der Waals surface area contributed by atoms with Crippen LogP contribution in [-0.4, -0.2) is 26.4 Å². The molecule has 0 fully saturated rings. The fourth-order valence-electron chi connectivity index (χ4n) is 2.28. The average molecular weight is 257 g/mol. The second-order valence-electron chi connectivity index (χ2n) is 4.37. The van der Waals surface area contributed by atoms with Crippen molar-refractivity contribution < 1.29 is 0 Å². The van der Waals surface area contributed by atoms with Crippen molar-refractivity contribution in [2.24, 2.45) is 0 Å². The van der Waals surface area contributed by atoms with Crippen LogP contribution in [0, 0.1) is 0 Å². The summed E-state index contributed by atoms with van der Waals surface area (Å²) in [6.45, 7) is 1.07. The summed E-state index contributed by atoms with van der Waals surface area (Å²) < 4.78 is 1.72. The van der Waals surface area contributed by atoms with E-state index in [1.165, 1.54) is 17.7 Å². The molecule has 1 aliphatic heterocycles. The monoisotopic (exact) mass is 257 g/mol. The van der Waals surface area contributed by atoms with Crippen LogP contribution in [0.15, 0.2) is 24.5 Å². The summed E-state index contributed by atoms with van der Waals surface area (Å²) in [6, 6.07) is 6.49. The predicted molar refractivity (Wildman–Crippen MR) is 70.9 cm³/mol. The maximum absolute atomic E-state index is 4.48. The molecule has 0 bridgehead atoms. The Balaban J connectivity index is 1.82. The largest absolute Gasteiger partial charge is 0.385 e. The first kappa shape index (κ1) is 10.0. The van der Waals surface area contributed by atoms with Gasteiger partial charge in [-0.05, 0) is 36.6 Å². The van der Waals surface area contributed by atoms with E-state index in [9.17, 15) is 0 Å².